The molecule has 1 aliphatic rings. The zero-order valence-corrected chi connectivity index (χ0v) is 17.5. The number of benzene rings is 2. The minimum absolute atomic E-state index is 0.0857. The predicted molar refractivity (Wildman–Crippen MR) is 126 cm³/mol. The molecule has 0 bridgehead atoms. The van der Waals surface area contributed by atoms with Crippen LogP contribution in [-0.4, -0.2) is 52.3 Å². The monoisotopic (exact) mass is 428 g/mol. The number of H-pyrrole nitrogens is 1. The molecule has 1 amide bonds. The Hall–Kier alpha value is -3.98. The molecule has 0 unspecified atom stereocenters. The van der Waals surface area contributed by atoms with Crippen molar-refractivity contribution in [2.45, 2.75) is 6.42 Å². The number of nitrogens with two attached hydrogens (primary N) is 1. The lowest BCUT2D eigenvalue weighted by Crippen LogP contribution is -2.27. The highest BCUT2D eigenvalue weighted by atomic mass is 16.1. The molecular weight excluding hydrogens is 404 g/mol. The Balaban J connectivity index is 1.36. The number of carbonyl (C=O) groups excluding carboxylic acids is 1. The fourth-order valence-corrected chi connectivity index (χ4v) is 3.86. The van der Waals surface area contributed by atoms with E-state index in [1.807, 2.05) is 24.3 Å². The van der Waals surface area contributed by atoms with Crippen molar-refractivity contribution in [3.63, 3.8) is 0 Å². The fraction of sp³-hybridized carbons (Fsp3) is 0.217. The summed E-state index contributed by atoms with van der Waals surface area (Å²) in [5.41, 5.74) is 10.2. The quantitative estimate of drug-likeness (QED) is 0.394. The summed E-state index contributed by atoms with van der Waals surface area (Å²) >= 11 is 0. The summed E-state index contributed by atoms with van der Waals surface area (Å²) < 4.78 is 0. The van der Waals surface area contributed by atoms with E-state index in [0.29, 0.717) is 11.4 Å². The lowest BCUT2D eigenvalue weighted by Gasteiger charge is -2.22. The Morgan fingerprint density at radius 3 is 2.81 bits per heavy atom. The Labute approximate surface area is 185 Å². The number of nitrogen functional groups attached to an aromatic ring is 1. The molecule has 9 nitrogen and oxygen atoms in total. The highest BCUT2D eigenvalue weighted by Crippen LogP contribution is 2.24. The number of anilines is 3. The van der Waals surface area contributed by atoms with Crippen molar-refractivity contribution in [3.05, 3.63) is 60.6 Å². The van der Waals surface area contributed by atoms with Gasteiger partial charge in [0.05, 0.1) is 23.6 Å². The molecule has 9 heteroatoms. The lowest BCUT2D eigenvalue weighted by molar-refractivity contribution is 0.102. The van der Waals surface area contributed by atoms with E-state index < -0.39 is 5.91 Å². The second-order valence-electron chi connectivity index (χ2n) is 7.75. The van der Waals surface area contributed by atoms with Gasteiger partial charge in [0.1, 0.15) is 0 Å². The first-order chi connectivity index (χ1) is 15.7. The zero-order chi connectivity index (χ0) is 21.9. The normalized spacial score (nSPS) is 14.3. The molecule has 1 aliphatic heterocycles. The minimum atomic E-state index is -0.413. The molecule has 2 aromatic heterocycles. The second kappa shape index (κ2) is 8.64. The molecule has 0 aliphatic carbocycles. The summed E-state index contributed by atoms with van der Waals surface area (Å²) in [5, 5.41) is 14.1. The van der Waals surface area contributed by atoms with E-state index in [1.165, 1.54) is 5.69 Å². The highest BCUT2D eigenvalue weighted by molar-refractivity contribution is 6.06. The average molecular weight is 429 g/mol. The number of nitrogens with zero attached hydrogens (tertiary/aromatic N) is 4. The van der Waals surface area contributed by atoms with Crippen LogP contribution >= 0.6 is 0 Å². The third-order valence-corrected chi connectivity index (χ3v) is 5.58. The molecule has 0 spiro atoms. The molecule has 2 aromatic carbocycles. The Bertz CT molecular complexity index is 1240. The van der Waals surface area contributed by atoms with E-state index in [9.17, 15) is 4.79 Å². The van der Waals surface area contributed by atoms with Crippen LogP contribution in [0.1, 0.15) is 16.9 Å². The second-order valence-corrected chi connectivity index (χ2v) is 7.75. The molecule has 1 fully saturated rings. The van der Waals surface area contributed by atoms with Gasteiger partial charge in [0, 0.05) is 42.0 Å². The Morgan fingerprint density at radius 2 is 1.94 bits per heavy atom. The van der Waals surface area contributed by atoms with Crippen LogP contribution in [0.15, 0.2) is 54.9 Å². The number of fused-ring (bicyclic) bond motifs is 1. The molecule has 4 aromatic rings. The topological polar surface area (TPSA) is 125 Å². The van der Waals surface area contributed by atoms with Crippen molar-refractivity contribution in [2.24, 2.45) is 0 Å². The molecule has 32 heavy (non-hydrogen) atoms. The number of aromatic nitrogens is 4. The summed E-state index contributed by atoms with van der Waals surface area (Å²) in [7, 11) is 0. The highest BCUT2D eigenvalue weighted by Gasteiger charge is 2.16. The molecule has 5 N–H and O–H groups in total. The van der Waals surface area contributed by atoms with Gasteiger partial charge >= 0.3 is 0 Å². The zero-order valence-electron chi connectivity index (χ0n) is 17.5. The summed E-state index contributed by atoms with van der Waals surface area (Å²) in [6, 6.07) is 13.7. The molecule has 1 saturated heterocycles. The maximum absolute atomic E-state index is 12.9. The predicted octanol–water partition coefficient (Wildman–Crippen LogP) is 2.65. The van der Waals surface area contributed by atoms with Crippen LogP contribution < -0.4 is 21.3 Å². The van der Waals surface area contributed by atoms with Crippen LogP contribution in [-0.2, 0) is 0 Å². The molecule has 0 radical (unpaired) electrons. The standard InChI is InChI=1S/C23H24N8O/c24-22-21(23(32)28-17-5-2-16-13-27-30-19(16)12-17)29-20(14-26-22)15-3-6-18(7-4-15)31-10-1-8-25-9-11-31/h2-7,12-14,25H,1,8-11H2,(H2,24,26)(H,27,30)(H,28,32). The van der Waals surface area contributed by atoms with Crippen LogP contribution in [0, 0.1) is 0 Å². The van der Waals surface area contributed by atoms with E-state index >= 15 is 0 Å². The molecular formula is C23H24N8O. The molecule has 5 rings (SSSR count). The molecule has 0 saturated carbocycles. The summed E-state index contributed by atoms with van der Waals surface area (Å²) in [6.07, 6.45) is 4.44. The van der Waals surface area contributed by atoms with E-state index in [0.717, 1.165) is 49.1 Å². The van der Waals surface area contributed by atoms with Gasteiger partial charge in [-0.15, -0.1) is 0 Å². The number of amides is 1. The number of carbonyl (C=O) groups is 1. The van der Waals surface area contributed by atoms with Gasteiger partial charge in [0.25, 0.3) is 5.91 Å². The van der Waals surface area contributed by atoms with Gasteiger partial charge < -0.3 is 21.3 Å². The number of aromatic amines is 1. The van der Waals surface area contributed by atoms with Gasteiger partial charge in [-0.3, -0.25) is 9.89 Å². The third-order valence-electron chi connectivity index (χ3n) is 5.58. The third kappa shape index (κ3) is 4.10. The number of nitrogens with one attached hydrogen (secondary N) is 3. The van der Waals surface area contributed by atoms with Crippen molar-refractivity contribution in [1.82, 2.24) is 25.5 Å². The fourth-order valence-electron chi connectivity index (χ4n) is 3.86. The molecule has 0 atom stereocenters. The smallest absolute Gasteiger partial charge is 0.278 e. The number of hydrogen-bond donors (Lipinski definition) is 4. The first-order valence-electron chi connectivity index (χ1n) is 10.6. The van der Waals surface area contributed by atoms with E-state index in [1.54, 1.807) is 18.5 Å². The first-order valence-corrected chi connectivity index (χ1v) is 10.6. The first kappa shape index (κ1) is 20.0. The Kier molecular flexibility index (Phi) is 5.39. The lowest BCUT2D eigenvalue weighted by atomic mass is 10.1. The van der Waals surface area contributed by atoms with Gasteiger partial charge in [0.15, 0.2) is 11.5 Å². The molecule has 3 heterocycles. The summed E-state index contributed by atoms with van der Waals surface area (Å²) in [6.45, 7) is 4.05. The van der Waals surface area contributed by atoms with Crippen molar-refractivity contribution in [1.29, 1.82) is 0 Å². The molecule has 162 valence electrons. The van der Waals surface area contributed by atoms with Crippen LogP contribution in [0.3, 0.4) is 0 Å². The van der Waals surface area contributed by atoms with Gasteiger partial charge in [-0.1, -0.05) is 12.1 Å². The van der Waals surface area contributed by atoms with Gasteiger partial charge in [0.2, 0.25) is 0 Å². The maximum Gasteiger partial charge on any atom is 0.278 e. The van der Waals surface area contributed by atoms with Gasteiger partial charge in [-0.2, -0.15) is 5.10 Å². The van der Waals surface area contributed by atoms with Crippen molar-refractivity contribution in [3.8, 4) is 11.3 Å². The van der Waals surface area contributed by atoms with Crippen LogP contribution in [0.25, 0.3) is 22.2 Å². The average Bonchev–Trinajstić information content (AvgIpc) is 3.11. The van der Waals surface area contributed by atoms with Gasteiger partial charge in [-0.05, 0) is 43.3 Å². The maximum atomic E-state index is 12.9. The van der Waals surface area contributed by atoms with E-state index in [4.69, 9.17) is 5.73 Å². The van der Waals surface area contributed by atoms with E-state index in [-0.39, 0.29) is 11.5 Å². The number of rotatable bonds is 4. The minimum Gasteiger partial charge on any atom is -0.382 e. The van der Waals surface area contributed by atoms with Gasteiger partial charge in [-0.25, -0.2) is 9.97 Å². The van der Waals surface area contributed by atoms with Crippen LogP contribution in [0.2, 0.25) is 0 Å². The summed E-state index contributed by atoms with van der Waals surface area (Å²) in [4.78, 5) is 23.9. The SMILES string of the molecule is Nc1ncc(-c2ccc(N3CCCNCC3)cc2)nc1C(=O)Nc1ccc2cn[nH]c2c1. The Morgan fingerprint density at radius 1 is 1.06 bits per heavy atom. The van der Waals surface area contributed by atoms with E-state index in [2.05, 4.69) is 47.8 Å². The van der Waals surface area contributed by atoms with Crippen molar-refractivity contribution in [2.75, 3.05) is 42.1 Å². The summed E-state index contributed by atoms with van der Waals surface area (Å²) in [5.74, 6) is -0.327. The van der Waals surface area contributed by atoms with Crippen LogP contribution in [0.5, 0.6) is 0 Å². The number of hydrogen-bond acceptors (Lipinski definition) is 7. The van der Waals surface area contributed by atoms with Crippen molar-refractivity contribution >= 4 is 34.0 Å². The van der Waals surface area contributed by atoms with Crippen molar-refractivity contribution < 1.29 is 4.79 Å². The largest absolute Gasteiger partial charge is 0.382 e. The van der Waals surface area contributed by atoms with Crippen LogP contribution in [0.4, 0.5) is 17.2 Å².